The van der Waals surface area contributed by atoms with Gasteiger partial charge in [0.15, 0.2) is 5.82 Å². The molecule has 2 aromatic rings. The maximum absolute atomic E-state index is 9.46. The van der Waals surface area contributed by atoms with Gasteiger partial charge in [0.1, 0.15) is 11.6 Å². The molecule has 0 saturated carbocycles. The van der Waals surface area contributed by atoms with E-state index in [0.717, 1.165) is 33.3 Å². The van der Waals surface area contributed by atoms with Crippen LogP contribution in [0.15, 0.2) is 12.1 Å². The van der Waals surface area contributed by atoms with Crippen LogP contribution in [0.4, 0.5) is 5.82 Å². The lowest BCUT2D eigenvalue weighted by Gasteiger charge is -2.16. The van der Waals surface area contributed by atoms with Crippen molar-refractivity contribution in [2.75, 3.05) is 5.32 Å². The molecule has 4 nitrogen and oxygen atoms in total. The van der Waals surface area contributed by atoms with Crippen molar-refractivity contribution in [2.45, 2.75) is 39.7 Å². The van der Waals surface area contributed by atoms with Gasteiger partial charge < -0.3 is 5.32 Å². The van der Waals surface area contributed by atoms with Crippen LogP contribution >= 0.6 is 22.9 Å². The van der Waals surface area contributed by atoms with Crippen LogP contribution in [0.25, 0.3) is 0 Å². The van der Waals surface area contributed by atoms with Gasteiger partial charge in [-0.25, -0.2) is 0 Å². The molecule has 0 aromatic carbocycles. The van der Waals surface area contributed by atoms with Gasteiger partial charge >= 0.3 is 0 Å². The number of aryl methyl sites for hydroxylation is 1. The Morgan fingerprint density at radius 1 is 1.33 bits per heavy atom. The van der Waals surface area contributed by atoms with E-state index in [9.17, 15) is 5.26 Å². The number of nitrogens with one attached hydrogen (secondary N) is 1. The van der Waals surface area contributed by atoms with Crippen molar-refractivity contribution in [2.24, 2.45) is 0 Å². The summed E-state index contributed by atoms with van der Waals surface area (Å²) in [5.74, 6) is 0.545. The largest absolute Gasteiger partial charge is 0.360 e. The normalized spacial score (nSPS) is 12.0. The summed E-state index contributed by atoms with van der Waals surface area (Å²) in [7, 11) is 0. The summed E-state index contributed by atoms with van der Waals surface area (Å²) in [6.45, 7) is 6.07. The number of nitrogens with zero attached hydrogens (tertiary/aromatic N) is 3. The number of rotatable bonds is 5. The summed E-state index contributed by atoms with van der Waals surface area (Å²) < 4.78 is 0.751. The Bertz CT molecular complexity index is 675. The van der Waals surface area contributed by atoms with E-state index < -0.39 is 0 Å². The lowest BCUT2D eigenvalue weighted by atomic mass is 10.0. The average Bonchev–Trinajstić information content (AvgIpc) is 2.93. The SMILES string of the molecule is CCc1nnc(NC(C)c2ccc(Cl)s2)c(C#N)c1CC. The van der Waals surface area contributed by atoms with Crippen LogP contribution in [0.1, 0.15) is 48.5 Å². The Balaban J connectivity index is 2.34. The molecule has 2 heterocycles. The molecule has 0 spiro atoms. The monoisotopic (exact) mass is 320 g/mol. The quantitative estimate of drug-likeness (QED) is 0.889. The third-order valence-electron chi connectivity index (χ3n) is 3.33. The molecule has 110 valence electrons. The van der Waals surface area contributed by atoms with Crippen LogP contribution in [-0.2, 0) is 12.8 Å². The molecule has 1 unspecified atom stereocenters. The number of hydrogen-bond acceptors (Lipinski definition) is 5. The van der Waals surface area contributed by atoms with Crippen LogP contribution in [0.3, 0.4) is 0 Å². The summed E-state index contributed by atoms with van der Waals surface area (Å²) in [5, 5.41) is 21.2. The minimum absolute atomic E-state index is 0.0288. The second-order valence-corrected chi connectivity index (χ2v) is 6.42. The smallest absolute Gasteiger partial charge is 0.167 e. The van der Waals surface area contributed by atoms with E-state index in [-0.39, 0.29) is 6.04 Å². The van der Waals surface area contributed by atoms with Gasteiger partial charge in [-0.1, -0.05) is 25.4 Å². The number of aromatic nitrogens is 2. The van der Waals surface area contributed by atoms with E-state index in [1.807, 2.05) is 32.9 Å². The summed E-state index contributed by atoms with van der Waals surface area (Å²) in [4.78, 5) is 1.10. The first kappa shape index (κ1) is 15.7. The number of thiophene rings is 1. The summed E-state index contributed by atoms with van der Waals surface area (Å²) in [5.41, 5.74) is 2.47. The van der Waals surface area contributed by atoms with Crippen LogP contribution < -0.4 is 5.32 Å². The third-order valence-corrected chi connectivity index (χ3v) is 4.75. The second-order valence-electron chi connectivity index (χ2n) is 4.68. The zero-order chi connectivity index (χ0) is 15.4. The minimum Gasteiger partial charge on any atom is -0.360 e. The first-order valence-corrected chi connectivity index (χ1v) is 8.10. The molecule has 0 fully saturated rings. The number of hydrogen-bond donors (Lipinski definition) is 1. The minimum atomic E-state index is 0.0288. The second kappa shape index (κ2) is 6.88. The third kappa shape index (κ3) is 3.34. The van der Waals surface area contributed by atoms with Crippen molar-refractivity contribution >= 4 is 28.8 Å². The molecule has 1 N–H and O–H groups in total. The molecule has 0 radical (unpaired) electrons. The molecule has 6 heteroatoms. The number of anilines is 1. The number of halogens is 1. The first-order chi connectivity index (χ1) is 10.1. The topological polar surface area (TPSA) is 61.6 Å². The highest BCUT2D eigenvalue weighted by molar-refractivity contribution is 7.16. The maximum atomic E-state index is 9.46. The average molecular weight is 321 g/mol. The van der Waals surface area contributed by atoms with Crippen LogP contribution in [-0.4, -0.2) is 10.2 Å². The standard InChI is InChI=1S/C15H17ClN4S/c1-4-10-11(8-17)15(20-19-12(10)5-2)18-9(3)13-6-7-14(16)21-13/h6-7,9H,4-5H2,1-3H3,(H,18,20). The number of nitriles is 1. The van der Waals surface area contributed by atoms with Gasteiger partial charge in [-0.15, -0.1) is 16.4 Å². The zero-order valence-electron chi connectivity index (χ0n) is 12.3. The van der Waals surface area contributed by atoms with Crippen molar-refractivity contribution in [1.82, 2.24) is 10.2 Å². The molecular formula is C15H17ClN4S. The molecule has 0 saturated heterocycles. The molecule has 1 atom stereocenters. The summed E-state index contributed by atoms with van der Waals surface area (Å²) in [6.07, 6.45) is 1.55. The Morgan fingerprint density at radius 2 is 2.10 bits per heavy atom. The lowest BCUT2D eigenvalue weighted by Crippen LogP contribution is -2.12. The molecule has 0 bridgehead atoms. The zero-order valence-corrected chi connectivity index (χ0v) is 13.8. The van der Waals surface area contributed by atoms with Crippen molar-refractivity contribution in [3.63, 3.8) is 0 Å². The molecule has 0 amide bonds. The van der Waals surface area contributed by atoms with Crippen molar-refractivity contribution in [3.8, 4) is 6.07 Å². The Hall–Kier alpha value is -1.64. The van der Waals surface area contributed by atoms with Gasteiger partial charge in [0, 0.05) is 4.88 Å². The predicted molar refractivity (Wildman–Crippen MR) is 86.9 cm³/mol. The molecule has 21 heavy (non-hydrogen) atoms. The van der Waals surface area contributed by atoms with Crippen molar-refractivity contribution in [3.05, 3.63) is 38.2 Å². The van der Waals surface area contributed by atoms with Gasteiger partial charge in [0.25, 0.3) is 0 Å². The fourth-order valence-corrected chi connectivity index (χ4v) is 3.29. The van der Waals surface area contributed by atoms with Gasteiger partial charge in [-0.05, 0) is 37.5 Å². The van der Waals surface area contributed by atoms with E-state index in [0.29, 0.717) is 11.4 Å². The van der Waals surface area contributed by atoms with Gasteiger partial charge in [-0.2, -0.15) is 10.4 Å². The van der Waals surface area contributed by atoms with Gasteiger partial charge in [0.2, 0.25) is 0 Å². The highest BCUT2D eigenvalue weighted by Crippen LogP contribution is 2.30. The predicted octanol–water partition coefficient (Wildman–Crippen LogP) is 4.36. The highest BCUT2D eigenvalue weighted by atomic mass is 35.5. The lowest BCUT2D eigenvalue weighted by molar-refractivity contribution is 0.838. The van der Waals surface area contributed by atoms with E-state index >= 15 is 0 Å². The van der Waals surface area contributed by atoms with Crippen LogP contribution in [0, 0.1) is 11.3 Å². The molecule has 2 rings (SSSR count). The van der Waals surface area contributed by atoms with E-state index in [1.165, 1.54) is 11.3 Å². The Labute approximate surface area is 133 Å². The van der Waals surface area contributed by atoms with Crippen molar-refractivity contribution < 1.29 is 0 Å². The first-order valence-electron chi connectivity index (χ1n) is 6.90. The molecule has 0 aliphatic heterocycles. The van der Waals surface area contributed by atoms with E-state index in [1.54, 1.807) is 0 Å². The Kier molecular flexibility index (Phi) is 5.16. The van der Waals surface area contributed by atoms with Gasteiger partial charge in [0.05, 0.1) is 16.1 Å². The van der Waals surface area contributed by atoms with Crippen molar-refractivity contribution in [1.29, 1.82) is 5.26 Å². The molecular weight excluding hydrogens is 304 g/mol. The van der Waals surface area contributed by atoms with Crippen LogP contribution in [0.2, 0.25) is 4.34 Å². The Morgan fingerprint density at radius 3 is 2.62 bits per heavy atom. The fourth-order valence-electron chi connectivity index (χ4n) is 2.23. The van der Waals surface area contributed by atoms with Gasteiger partial charge in [-0.3, -0.25) is 0 Å². The van der Waals surface area contributed by atoms with E-state index in [2.05, 4.69) is 21.6 Å². The highest BCUT2D eigenvalue weighted by Gasteiger charge is 2.17. The summed E-state index contributed by atoms with van der Waals surface area (Å²) in [6, 6.07) is 6.14. The fraction of sp³-hybridized carbons (Fsp3) is 0.400. The van der Waals surface area contributed by atoms with E-state index in [4.69, 9.17) is 11.6 Å². The molecule has 0 aliphatic rings. The maximum Gasteiger partial charge on any atom is 0.167 e. The molecule has 2 aromatic heterocycles. The molecule has 0 aliphatic carbocycles. The summed E-state index contributed by atoms with van der Waals surface area (Å²) >= 11 is 7.48. The van der Waals surface area contributed by atoms with Crippen LogP contribution in [0.5, 0.6) is 0 Å².